The standard InChI is InChI=1S/C10H9Cl2NO2/c1-2-13-5-6-3-7(11)4-8(12)9(6)15-10(13)14/h3-4H,2,5H2,1H3. The van der Waals surface area contributed by atoms with E-state index in [0.717, 1.165) is 5.56 Å². The van der Waals surface area contributed by atoms with E-state index in [-0.39, 0.29) is 6.09 Å². The Labute approximate surface area is 97.5 Å². The molecule has 0 saturated heterocycles. The summed E-state index contributed by atoms with van der Waals surface area (Å²) in [4.78, 5) is 13.0. The summed E-state index contributed by atoms with van der Waals surface area (Å²) in [5.74, 6) is 0.427. The number of hydrogen-bond acceptors (Lipinski definition) is 2. The van der Waals surface area contributed by atoms with E-state index in [1.54, 1.807) is 17.0 Å². The third-order valence-electron chi connectivity index (χ3n) is 2.28. The molecule has 0 aromatic heterocycles. The summed E-state index contributed by atoms with van der Waals surface area (Å²) < 4.78 is 5.12. The fourth-order valence-electron chi connectivity index (χ4n) is 1.51. The molecule has 0 N–H and O–H groups in total. The average Bonchev–Trinajstić information content (AvgIpc) is 2.18. The van der Waals surface area contributed by atoms with E-state index in [2.05, 4.69) is 0 Å². The molecule has 0 atom stereocenters. The molecule has 15 heavy (non-hydrogen) atoms. The zero-order valence-electron chi connectivity index (χ0n) is 8.09. The van der Waals surface area contributed by atoms with Crippen molar-refractivity contribution in [3.05, 3.63) is 27.7 Å². The molecule has 1 amide bonds. The van der Waals surface area contributed by atoms with E-state index in [0.29, 0.717) is 28.9 Å². The number of benzene rings is 1. The maximum Gasteiger partial charge on any atom is 0.415 e. The van der Waals surface area contributed by atoms with Gasteiger partial charge in [0, 0.05) is 17.1 Å². The number of carbonyl (C=O) groups is 1. The molecular formula is C10H9Cl2NO2. The summed E-state index contributed by atoms with van der Waals surface area (Å²) in [5, 5.41) is 0.925. The van der Waals surface area contributed by atoms with Gasteiger partial charge in [-0.3, -0.25) is 0 Å². The lowest BCUT2D eigenvalue weighted by Gasteiger charge is -2.27. The van der Waals surface area contributed by atoms with Crippen molar-refractivity contribution in [3.8, 4) is 5.75 Å². The Bertz CT molecular complexity index is 420. The number of carbonyl (C=O) groups excluding carboxylic acids is 1. The van der Waals surface area contributed by atoms with Gasteiger partial charge in [0.05, 0.1) is 11.6 Å². The van der Waals surface area contributed by atoms with Gasteiger partial charge in [-0.2, -0.15) is 0 Å². The van der Waals surface area contributed by atoms with Crippen molar-refractivity contribution in [2.75, 3.05) is 6.54 Å². The van der Waals surface area contributed by atoms with Crippen molar-refractivity contribution in [2.24, 2.45) is 0 Å². The summed E-state index contributed by atoms with van der Waals surface area (Å²) in [6.07, 6.45) is -0.366. The van der Waals surface area contributed by atoms with Gasteiger partial charge in [-0.05, 0) is 19.1 Å². The van der Waals surface area contributed by atoms with Gasteiger partial charge in [-0.25, -0.2) is 4.79 Å². The van der Waals surface area contributed by atoms with E-state index < -0.39 is 0 Å². The number of ether oxygens (including phenoxy) is 1. The van der Waals surface area contributed by atoms with Gasteiger partial charge in [0.25, 0.3) is 0 Å². The van der Waals surface area contributed by atoms with E-state index in [1.165, 1.54) is 0 Å². The number of hydrogen-bond donors (Lipinski definition) is 0. The predicted octanol–water partition coefficient (Wildman–Crippen LogP) is 3.33. The number of amides is 1. The average molecular weight is 246 g/mol. The molecule has 0 fully saturated rings. The first-order valence-electron chi connectivity index (χ1n) is 4.56. The van der Waals surface area contributed by atoms with Crippen LogP contribution in [0.15, 0.2) is 12.1 Å². The van der Waals surface area contributed by atoms with E-state index in [9.17, 15) is 4.79 Å². The number of fused-ring (bicyclic) bond motifs is 1. The van der Waals surface area contributed by atoms with E-state index >= 15 is 0 Å². The maximum absolute atomic E-state index is 11.4. The van der Waals surface area contributed by atoms with Gasteiger partial charge in [0.15, 0.2) is 5.75 Å². The second-order valence-corrected chi connectivity index (χ2v) is 4.10. The topological polar surface area (TPSA) is 29.5 Å². The molecule has 80 valence electrons. The third-order valence-corrected chi connectivity index (χ3v) is 2.77. The molecule has 0 radical (unpaired) electrons. The smallest absolute Gasteiger partial charge is 0.408 e. The van der Waals surface area contributed by atoms with Crippen LogP contribution >= 0.6 is 23.2 Å². The normalized spacial score (nSPS) is 14.9. The molecule has 5 heteroatoms. The van der Waals surface area contributed by atoms with Crippen LogP contribution in [0.2, 0.25) is 10.0 Å². The Kier molecular flexibility index (Phi) is 2.76. The van der Waals surface area contributed by atoms with Crippen molar-refractivity contribution in [1.29, 1.82) is 0 Å². The molecule has 0 spiro atoms. The first kappa shape index (κ1) is 10.6. The summed E-state index contributed by atoms with van der Waals surface area (Å²) in [5.41, 5.74) is 0.842. The Morgan fingerprint density at radius 1 is 1.47 bits per heavy atom. The molecule has 0 bridgehead atoms. The lowest BCUT2D eigenvalue weighted by molar-refractivity contribution is 0.141. The van der Waals surface area contributed by atoms with Crippen molar-refractivity contribution in [1.82, 2.24) is 4.90 Å². The SMILES string of the molecule is CCN1Cc2cc(Cl)cc(Cl)c2OC1=O. The maximum atomic E-state index is 11.4. The highest BCUT2D eigenvalue weighted by atomic mass is 35.5. The molecule has 1 aromatic carbocycles. The van der Waals surface area contributed by atoms with Crippen LogP contribution in [-0.2, 0) is 6.54 Å². The first-order chi connectivity index (χ1) is 7.11. The van der Waals surface area contributed by atoms with Crippen LogP contribution in [0.5, 0.6) is 5.75 Å². The molecule has 1 aliphatic rings. The van der Waals surface area contributed by atoms with Crippen molar-refractivity contribution in [2.45, 2.75) is 13.5 Å². The van der Waals surface area contributed by atoms with Gasteiger partial charge in [-0.1, -0.05) is 23.2 Å². The fourth-order valence-corrected chi connectivity index (χ4v) is 2.08. The second-order valence-electron chi connectivity index (χ2n) is 3.26. The van der Waals surface area contributed by atoms with Gasteiger partial charge >= 0.3 is 6.09 Å². The van der Waals surface area contributed by atoms with Crippen molar-refractivity contribution in [3.63, 3.8) is 0 Å². The molecule has 0 aliphatic carbocycles. The van der Waals surface area contributed by atoms with Gasteiger partial charge in [0.1, 0.15) is 0 Å². The molecule has 1 heterocycles. The Morgan fingerprint density at radius 3 is 2.87 bits per heavy atom. The highest BCUT2D eigenvalue weighted by Gasteiger charge is 2.25. The van der Waals surface area contributed by atoms with E-state index in [4.69, 9.17) is 27.9 Å². The molecule has 0 unspecified atom stereocenters. The van der Waals surface area contributed by atoms with Crippen molar-refractivity contribution >= 4 is 29.3 Å². The van der Waals surface area contributed by atoms with E-state index in [1.807, 2.05) is 6.92 Å². The second kappa shape index (κ2) is 3.91. The third kappa shape index (κ3) is 1.90. The quantitative estimate of drug-likeness (QED) is 0.760. The molecule has 1 aromatic rings. The Morgan fingerprint density at radius 2 is 2.20 bits per heavy atom. The minimum absolute atomic E-state index is 0.366. The van der Waals surface area contributed by atoms with Crippen LogP contribution in [0.4, 0.5) is 4.79 Å². The summed E-state index contributed by atoms with van der Waals surface area (Å²) in [6.45, 7) is 2.98. The minimum Gasteiger partial charge on any atom is -0.408 e. The van der Waals surface area contributed by atoms with Crippen LogP contribution in [-0.4, -0.2) is 17.5 Å². The lowest BCUT2D eigenvalue weighted by Crippen LogP contribution is -2.36. The highest BCUT2D eigenvalue weighted by molar-refractivity contribution is 6.35. The molecule has 3 nitrogen and oxygen atoms in total. The van der Waals surface area contributed by atoms with Gasteiger partial charge in [-0.15, -0.1) is 0 Å². The molecule has 2 rings (SSSR count). The number of rotatable bonds is 1. The van der Waals surface area contributed by atoms with Gasteiger partial charge in [0.2, 0.25) is 0 Å². The summed E-state index contributed by atoms with van der Waals surface area (Å²) in [7, 11) is 0. The monoisotopic (exact) mass is 245 g/mol. The first-order valence-corrected chi connectivity index (χ1v) is 5.32. The van der Waals surface area contributed by atoms with Crippen molar-refractivity contribution < 1.29 is 9.53 Å². The Hall–Kier alpha value is -0.930. The predicted molar refractivity (Wildman–Crippen MR) is 58.6 cm³/mol. The Balaban J connectivity index is 2.45. The van der Waals surface area contributed by atoms with Crippen LogP contribution in [0.3, 0.4) is 0 Å². The fraction of sp³-hybridized carbons (Fsp3) is 0.300. The molecule has 0 saturated carbocycles. The van der Waals surface area contributed by atoms with Crippen LogP contribution in [0.1, 0.15) is 12.5 Å². The van der Waals surface area contributed by atoms with Crippen LogP contribution < -0.4 is 4.74 Å². The zero-order chi connectivity index (χ0) is 11.0. The summed E-state index contributed by atoms with van der Waals surface area (Å²) in [6, 6.07) is 3.33. The summed E-state index contributed by atoms with van der Waals surface area (Å²) >= 11 is 11.8. The molecular weight excluding hydrogens is 237 g/mol. The zero-order valence-corrected chi connectivity index (χ0v) is 9.60. The largest absolute Gasteiger partial charge is 0.415 e. The minimum atomic E-state index is -0.366. The van der Waals surface area contributed by atoms with Crippen LogP contribution in [0.25, 0.3) is 0 Å². The van der Waals surface area contributed by atoms with Crippen LogP contribution in [0, 0.1) is 0 Å². The number of nitrogens with zero attached hydrogens (tertiary/aromatic N) is 1. The number of halogens is 2. The van der Waals surface area contributed by atoms with Gasteiger partial charge < -0.3 is 9.64 Å². The highest BCUT2D eigenvalue weighted by Crippen LogP contribution is 2.35. The molecule has 1 aliphatic heterocycles. The lowest BCUT2D eigenvalue weighted by atomic mass is 10.1.